The third kappa shape index (κ3) is 2.70. The van der Waals surface area contributed by atoms with Gasteiger partial charge in [-0.2, -0.15) is 0 Å². The summed E-state index contributed by atoms with van der Waals surface area (Å²) in [5.74, 6) is -0.399. The Kier molecular flexibility index (Phi) is 3.98. The van der Waals surface area contributed by atoms with Crippen LogP contribution in [0.25, 0.3) is 27.6 Å². The fourth-order valence-corrected chi connectivity index (χ4v) is 4.48. The number of benzene rings is 3. The van der Waals surface area contributed by atoms with E-state index >= 15 is 0 Å². The number of imidazole rings is 1. The van der Waals surface area contributed by atoms with Crippen LogP contribution in [0.1, 0.15) is 10.8 Å². The van der Waals surface area contributed by atoms with Gasteiger partial charge in [0.25, 0.3) is 0 Å². The van der Waals surface area contributed by atoms with Gasteiger partial charge in [0.15, 0.2) is 5.16 Å². The van der Waals surface area contributed by atoms with Gasteiger partial charge in [-0.25, -0.2) is 9.97 Å². The summed E-state index contributed by atoms with van der Waals surface area (Å²) in [6, 6.07) is 25.4. The van der Waals surface area contributed by atoms with Crippen LogP contribution in [0.2, 0.25) is 0 Å². The van der Waals surface area contributed by atoms with Crippen LogP contribution in [-0.2, 0) is 4.79 Å². The molecule has 5 rings (SSSR count). The molecule has 136 valence electrons. The number of primary amides is 1. The van der Waals surface area contributed by atoms with E-state index in [1.165, 1.54) is 11.8 Å². The number of thioether (sulfide) groups is 1. The molecule has 1 amide bonds. The van der Waals surface area contributed by atoms with Crippen LogP contribution in [0.5, 0.6) is 0 Å². The van der Waals surface area contributed by atoms with E-state index in [4.69, 9.17) is 15.7 Å². The second kappa shape index (κ2) is 6.65. The van der Waals surface area contributed by atoms with Crippen LogP contribution in [-0.4, -0.2) is 20.3 Å². The maximum atomic E-state index is 12.3. The van der Waals surface area contributed by atoms with Crippen LogP contribution in [0.3, 0.4) is 0 Å². The molecule has 0 spiro atoms. The van der Waals surface area contributed by atoms with Crippen LogP contribution >= 0.6 is 11.8 Å². The first-order valence-electron chi connectivity index (χ1n) is 8.89. The molecule has 2 N–H and O–H groups in total. The number of hydrogen-bond acceptors (Lipinski definition) is 4. The molecule has 0 aliphatic heterocycles. The lowest BCUT2D eigenvalue weighted by molar-refractivity contribution is -0.117. The molecule has 0 saturated heterocycles. The Labute approximate surface area is 165 Å². The third-order valence-electron chi connectivity index (χ3n) is 4.70. The van der Waals surface area contributed by atoms with Crippen molar-refractivity contribution in [1.29, 1.82) is 0 Å². The minimum atomic E-state index is -0.542. The van der Waals surface area contributed by atoms with Crippen molar-refractivity contribution in [3.05, 3.63) is 84.4 Å². The zero-order valence-electron chi connectivity index (χ0n) is 14.8. The van der Waals surface area contributed by atoms with Gasteiger partial charge in [0, 0.05) is 5.39 Å². The maximum Gasteiger partial charge on any atom is 0.235 e. The number of nitrogens with two attached hydrogens (primary N) is 1. The molecule has 3 aromatic carbocycles. The first-order valence-corrected chi connectivity index (χ1v) is 9.77. The molecule has 28 heavy (non-hydrogen) atoms. The number of nitrogens with zero attached hydrogens (tertiary/aromatic N) is 3. The molecule has 0 saturated carbocycles. The Morgan fingerprint density at radius 1 is 0.857 bits per heavy atom. The minimum absolute atomic E-state index is 0.399. The molecule has 0 aliphatic carbocycles. The standard InChI is InChI=1S/C22H16N4OS/c23-20(27)19(14-8-2-1-3-9-14)28-22-25-16-11-5-4-10-15(16)21-24-17-12-6-7-13-18(17)26(21)22/h1-13,19H,(H2,23,27)/t19-/m1/s1. The molecule has 0 aliphatic rings. The van der Waals surface area contributed by atoms with Gasteiger partial charge in [0.05, 0.1) is 16.6 Å². The van der Waals surface area contributed by atoms with Gasteiger partial charge in [-0.3, -0.25) is 9.20 Å². The van der Waals surface area contributed by atoms with E-state index in [1.54, 1.807) is 0 Å². The molecule has 0 unspecified atom stereocenters. The Balaban J connectivity index is 1.79. The number of hydrogen-bond donors (Lipinski definition) is 1. The Hall–Kier alpha value is -3.38. The second-order valence-corrected chi connectivity index (χ2v) is 7.55. The summed E-state index contributed by atoms with van der Waals surface area (Å²) in [7, 11) is 0. The zero-order chi connectivity index (χ0) is 19.1. The van der Waals surface area contributed by atoms with E-state index in [9.17, 15) is 4.79 Å². The average molecular weight is 384 g/mol. The van der Waals surface area contributed by atoms with Gasteiger partial charge in [-0.1, -0.05) is 66.4 Å². The monoisotopic (exact) mass is 384 g/mol. The molecule has 1 atom stereocenters. The van der Waals surface area contributed by atoms with Gasteiger partial charge < -0.3 is 5.73 Å². The topological polar surface area (TPSA) is 73.3 Å². The Morgan fingerprint density at radius 2 is 1.54 bits per heavy atom. The van der Waals surface area contributed by atoms with E-state index in [2.05, 4.69) is 0 Å². The van der Waals surface area contributed by atoms with E-state index in [1.807, 2.05) is 83.3 Å². The number of fused-ring (bicyclic) bond motifs is 5. The van der Waals surface area contributed by atoms with Gasteiger partial charge >= 0.3 is 0 Å². The van der Waals surface area contributed by atoms with E-state index in [-0.39, 0.29) is 0 Å². The molecular formula is C22H16N4OS. The third-order valence-corrected chi connectivity index (χ3v) is 5.92. The highest BCUT2D eigenvalue weighted by Gasteiger charge is 2.23. The van der Waals surface area contributed by atoms with Gasteiger partial charge in [-0.05, 0) is 29.8 Å². The van der Waals surface area contributed by atoms with Gasteiger partial charge in [0.2, 0.25) is 5.91 Å². The normalized spacial score (nSPS) is 12.6. The fourth-order valence-electron chi connectivity index (χ4n) is 3.42. The number of aromatic nitrogens is 3. The number of para-hydroxylation sites is 3. The summed E-state index contributed by atoms with van der Waals surface area (Å²) in [4.78, 5) is 21.9. The molecule has 0 radical (unpaired) electrons. The number of carbonyl (C=O) groups excluding carboxylic acids is 1. The van der Waals surface area contributed by atoms with Crippen LogP contribution in [0.15, 0.2) is 84.0 Å². The molecule has 2 aromatic heterocycles. The van der Waals surface area contributed by atoms with Crippen molar-refractivity contribution in [2.75, 3.05) is 0 Å². The summed E-state index contributed by atoms with van der Waals surface area (Å²) >= 11 is 1.35. The number of amides is 1. The Morgan fingerprint density at radius 3 is 2.32 bits per heavy atom. The van der Waals surface area contributed by atoms with E-state index < -0.39 is 11.2 Å². The highest BCUT2D eigenvalue weighted by molar-refractivity contribution is 8.00. The predicted octanol–water partition coefficient (Wildman–Crippen LogP) is 4.35. The largest absolute Gasteiger partial charge is 0.368 e. The number of rotatable bonds is 4. The summed E-state index contributed by atoms with van der Waals surface area (Å²) in [6.45, 7) is 0. The molecule has 2 heterocycles. The van der Waals surface area contributed by atoms with E-state index in [0.717, 1.165) is 33.1 Å². The first kappa shape index (κ1) is 16.8. The van der Waals surface area contributed by atoms with Crippen molar-refractivity contribution in [2.24, 2.45) is 5.73 Å². The highest BCUT2D eigenvalue weighted by Crippen LogP contribution is 2.37. The minimum Gasteiger partial charge on any atom is -0.368 e. The molecule has 5 nitrogen and oxygen atoms in total. The summed E-state index contributed by atoms with van der Waals surface area (Å²) in [6.07, 6.45) is 0. The SMILES string of the molecule is NC(=O)[C@H](Sc1nc2ccccc2c2nc3ccccc3n12)c1ccccc1. The predicted molar refractivity (Wildman–Crippen MR) is 112 cm³/mol. The first-order chi connectivity index (χ1) is 13.7. The lowest BCUT2D eigenvalue weighted by Crippen LogP contribution is -2.19. The average Bonchev–Trinajstić information content (AvgIpc) is 3.12. The van der Waals surface area contributed by atoms with Crippen LogP contribution < -0.4 is 5.73 Å². The fraction of sp³-hybridized carbons (Fsp3) is 0.0455. The van der Waals surface area contributed by atoms with Crippen molar-refractivity contribution in [2.45, 2.75) is 10.4 Å². The smallest absolute Gasteiger partial charge is 0.235 e. The van der Waals surface area contributed by atoms with Crippen LogP contribution in [0.4, 0.5) is 0 Å². The van der Waals surface area contributed by atoms with Gasteiger partial charge in [-0.15, -0.1) is 0 Å². The van der Waals surface area contributed by atoms with Crippen LogP contribution in [0, 0.1) is 0 Å². The Bertz CT molecular complexity index is 1330. The highest BCUT2D eigenvalue weighted by atomic mass is 32.2. The summed E-state index contributed by atoms with van der Waals surface area (Å²) < 4.78 is 2.02. The lowest BCUT2D eigenvalue weighted by Gasteiger charge is -2.15. The van der Waals surface area contributed by atoms with Crippen molar-refractivity contribution >= 4 is 45.3 Å². The second-order valence-electron chi connectivity index (χ2n) is 6.48. The van der Waals surface area contributed by atoms with Gasteiger partial charge in [0.1, 0.15) is 10.9 Å². The molecule has 0 bridgehead atoms. The molecule has 5 aromatic rings. The van der Waals surface area contributed by atoms with Crippen molar-refractivity contribution in [1.82, 2.24) is 14.4 Å². The molecule has 6 heteroatoms. The quantitative estimate of drug-likeness (QED) is 0.369. The maximum absolute atomic E-state index is 12.3. The van der Waals surface area contributed by atoms with Crippen molar-refractivity contribution < 1.29 is 4.79 Å². The zero-order valence-corrected chi connectivity index (χ0v) is 15.6. The van der Waals surface area contributed by atoms with Crippen molar-refractivity contribution in [3.8, 4) is 0 Å². The summed E-state index contributed by atoms with van der Waals surface area (Å²) in [5, 5.41) is 1.12. The summed E-state index contributed by atoms with van der Waals surface area (Å²) in [5.41, 5.74) is 10.1. The number of carbonyl (C=O) groups is 1. The molecular weight excluding hydrogens is 368 g/mol. The van der Waals surface area contributed by atoms with Crippen molar-refractivity contribution in [3.63, 3.8) is 0 Å². The molecule has 0 fully saturated rings. The van der Waals surface area contributed by atoms with E-state index in [0.29, 0.717) is 5.16 Å². The lowest BCUT2D eigenvalue weighted by atomic mass is 10.1.